The molecule has 1 atom stereocenters. The molecule has 2 N–H and O–H groups in total. The van der Waals surface area contributed by atoms with Crippen molar-refractivity contribution in [2.75, 3.05) is 41.0 Å². The number of methoxy groups -OCH3 is 3. The molecule has 190 valence electrons. The number of allylic oxidation sites excluding steroid dienone is 1. The highest BCUT2D eigenvalue weighted by Gasteiger charge is 2.08. The zero-order valence-corrected chi connectivity index (χ0v) is 20.9. The molecule has 0 amide bonds. The fourth-order valence-electron chi connectivity index (χ4n) is 3.49. The normalized spacial score (nSPS) is 11.8. The number of aliphatic hydroxyl groups is 1. The Hall–Kier alpha value is -3.81. The number of carbonyl (C=O) groups is 1. The number of hydrogen-bond acceptors (Lipinski definition) is 7. The molecule has 0 bridgehead atoms. The predicted octanol–water partition coefficient (Wildman–Crippen LogP) is 4.18. The molecule has 0 heterocycles. The zero-order chi connectivity index (χ0) is 25.8. The van der Waals surface area contributed by atoms with E-state index in [0.29, 0.717) is 35.9 Å². The van der Waals surface area contributed by atoms with Gasteiger partial charge in [0.1, 0.15) is 24.2 Å². The molecule has 0 aliphatic heterocycles. The summed E-state index contributed by atoms with van der Waals surface area (Å²) in [6.07, 6.45) is 3.43. The number of carbonyl (C=O) groups excluding carboxylic acids is 1. The maximum absolute atomic E-state index is 12.4. The van der Waals surface area contributed by atoms with Crippen LogP contribution in [0.15, 0.2) is 72.8 Å². The summed E-state index contributed by atoms with van der Waals surface area (Å²) in [4.78, 5) is 12.4. The molecule has 0 spiro atoms. The molecule has 0 aromatic heterocycles. The first-order valence-corrected chi connectivity index (χ1v) is 11.7. The quantitative estimate of drug-likeness (QED) is 0.199. The number of rotatable bonds is 14. The highest BCUT2D eigenvalue weighted by atomic mass is 16.5. The van der Waals surface area contributed by atoms with Crippen LogP contribution in [0.1, 0.15) is 21.5 Å². The van der Waals surface area contributed by atoms with Crippen LogP contribution in [-0.2, 0) is 6.42 Å². The molecule has 0 saturated carbocycles. The van der Waals surface area contributed by atoms with Crippen molar-refractivity contribution in [2.24, 2.45) is 0 Å². The lowest BCUT2D eigenvalue weighted by atomic mass is 10.1. The molecule has 0 fully saturated rings. The Balaban J connectivity index is 1.38. The molecule has 1 unspecified atom stereocenters. The Morgan fingerprint density at radius 2 is 1.58 bits per heavy atom. The van der Waals surface area contributed by atoms with Gasteiger partial charge >= 0.3 is 0 Å². The molecule has 0 saturated heterocycles. The molecule has 3 aromatic rings. The number of benzene rings is 3. The van der Waals surface area contributed by atoms with Crippen LogP contribution in [0, 0.1) is 0 Å². The van der Waals surface area contributed by atoms with Gasteiger partial charge in [0, 0.05) is 12.1 Å². The molecule has 0 aliphatic carbocycles. The SMILES string of the molecule is COc1ccc(C=CC(=O)c2ccc(OCC(O)CNCCc3ccc(OC)c(OC)c3)cc2)cc1. The predicted molar refractivity (Wildman–Crippen MR) is 140 cm³/mol. The van der Waals surface area contributed by atoms with Gasteiger partial charge in [0.05, 0.1) is 21.3 Å². The van der Waals surface area contributed by atoms with Crippen LogP contribution in [0.25, 0.3) is 6.08 Å². The van der Waals surface area contributed by atoms with Crippen LogP contribution in [-0.4, -0.2) is 58.0 Å². The van der Waals surface area contributed by atoms with Gasteiger partial charge in [0.25, 0.3) is 0 Å². The third-order valence-electron chi connectivity index (χ3n) is 5.54. The Bertz CT molecular complexity index is 1130. The van der Waals surface area contributed by atoms with Gasteiger partial charge in [-0.2, -0.15) is 0 Å². The molecule has 36 heavy (non-hydrogen) atoms. The molecule has 7 heteroatoms. The maximum Gasteiger partial charge on any atom is 0.185 e. The van der Waals surface area contributed by atoms with E-state index >= 15 is 0 Å². The van der Waals surface area contributed by atoms with Gasteiger partial charge in [-0.25, -0.2) is 0 Å². The lowest BCUT2D eigenvalue weighted by Crippen LogP contribution is -2.32. The summed E-state index contributed by atoms with van der Waals surface area (Å²) in [5.74, 6) is 2.66. The van der Waals surface area contributed by atoms with Crippen LogP contribution in [0.2, 0.25) is 0 Å². The monoisotopic (exact) mass is 491 g/mol. The fraction of sp³-hybridized carbons (Fsp3) is 0.276. The summed E-state index contributed by atoms with van der Waals surface area (Å²) >= 11 is 0. The van der Waals surface area contributed by atoms with Crippen molar-refractivity contribution in [1.82, 2.24) is 5.32 Å². The molecule has 3 rings (SSSR count). The second-order valence-electron chi connectivity index (χ2n) is 8.10. The van der Waals surface area contributed by atoms with Gasteiger partial charge in [-0.15, -0.1) is 0 Å². The summed E-state index contributed by atoms with van der Waals surface area (Å²) in [6, 6.07) is 20.2. The molecule has 0 radical (unpaired) electrons. The van der Waals surface area contributed by atoms with E-state index < -0.39 is 6.10 Å². The highest BCUT2D eigenvalue weighted by Crippen LogP contribution is 2.27. The van der Waals surface area contributed by atoms with Gasteiger partial charge in [-0.05, 0) is 78.7 Å². The summed E-state index contributed by atoms with van der Waals surface area (Å²) in [5, 5.41) is 13.4. The van der Waals surface area contributed by atoms with Crippen LogP contribution < -0.4 is 24.3 Å². The lowest BCUT2D eigenvalue weighted by molar-refractivity contribution is 0.104. The van der Waals surface area contributed by atoms with E-state index in [1.54, 1.807) is 51.7 Å². The summed E-state index contributed by atoms with van der Waals surface area (Å²) in [6.45, 7) is 1.25. The largest absolute Gasteiger partial charge is 0.497 e. The van der Waals surface area contributed by atoms with E-state index in [-0.39, 0.29) is 12.4 Å². The van der Waals surface area contributed by atoms with E-state index in [1.807, 2.05) is 42.5 Å². The maximum atomic E-state index is 12.4. The van der Waals surface area contributed by atoms with Crippen molar-refractivity contribution in [3.8, 4) is 23.0 Å². The summed E-state index contributed by atoms with van der Waals surface area (Å²) in [7, 11) is 4.84. The average Bonchev–Trinajstić information content (AvgIpc) is 2.93. The zero-order valence-electron chi connectivity index (χ0n) is 20.9. The first-order chi connectivity index (χ1) is 17.5. The van der Waals surface area contributed by atoms with E-state index in [2.05, 4.69) is 5.32 Å². The molecule has 0 aliphatic rings. The third-order valence-corrected chi connectivity index (χ3v) is 5.54. The number of hydrogen-bond donors (Lipinski definition) is 2. The van der Waals surface area contributed by atoms with Gasteiger partial charge in [0.2, 0.25) is 0 Å². The van der Waals surface area contributed by atoms with Crippen molar-refractivity contribution in [3.63, 3.8) is 0 Å². The lowest BCUT2D eigenvalue weighted by Gasteiger charge is -2.14. The van der Waals surface area contributed by atoms with Crippen molar-refractivity contribution in [2.45, 2.75) is 12.5 Å². The first-order valence-electron chi connectivity index (χ1n) is 11.7. The minimum absolute atomic E-state index is 0.101. The molecular formula is C29H33NO6. The van der Waals surface area contributed by atoms with Gasteiger partial charge < -0.3 is 29.4 Å². The van der Waals surface area contributed by atoms with E-state index in [4.69, 9.17) is 18.9 Å². The van der Waals surface area contributed by atoms with Crippen molar-refractivity contribution in [3.05, 3.63) is 89.5 Å². The molecular weight excluding hydrogens is 458 g/mol. The topological polar surface area (TPSA) is 86.3 Å². The smallest absolute Gasteiger partial charge is 0.185 e. The van der Waals surface area contributed by atoms with Gasteiger partial charge in [0.15, 0.2) is 17.3 Å². The van der Waals surface area contributed by atoms with Crippen LogP contribution >= 0.6 is 0 Å². The Morgan fingerprint density at radius 3 is 2.25 bits per heavy atom. The van der Waals surface area contributed by atoms with Crippen LogP contribution in [0.3, 0.4) is 0 Å². The number of aliphatic hydroxyl groups excluding tert-OH is 1. The van der Waals surface area contributed by atoms with E-state index in [1.165, 1.54) is 6.08 Å². The van der Waals surface area contributed by atoms with Crippen LogP contribution in [0.5, 0.6) is 23.0 Å². The highest BCUT2D eigenvalue weighted by molar-refractivity contribution is 6.06. The fourth-order valence-corrected chi connectivity index (χ4v) is 3.49. The second-order valence-corrected chi connectivity index (χ2v) is 8.10. The molecule has 7 nitrogen and oxygen atoms in total. The standard InChI is InChI=1S/C29H33NO6/c1-33-25-10-4-21(5-11-25)6-14-27(32)23-8-12-26(13-9-23)36-20-24(31)19-30-17-16-22-7-15-28(34-2)29(18-22)35-3/h4-15,18,24,30-31H,16-17,19-20H2,1-3H3. The van der Waals surface area contributed by atoms with Crippen molar-refractivity contribution >= 4 is 11.9 Å². The second kappa shape index (κ2) is 13.9. The number of ether oxygens (including phenoxy) is 4. The average molecular weight is 492 g/mol. The van der Waals surface area contributed by atoms with E-state index in [0.717, 1.165) is 23.3 Å². The minimum atomic E-state index is -0.663. The van der Waals surface area contributed by atoms with Gasteiger partial charge in [-0.1, -0.05) is 24.3 Å². The number of nitrogens with one attached hydrogen (secondary N) is 1. The Labute approximate surface area is 212 Å². The van der Waals surface area contributed by atoms with Crippen molar-refractivity contribution < 1.29 is 28.8 Å². The number of ketones is 1. The summed E-state index contributed by atoms with van der Waals surface area (Å²) < 4.78 is 21.4. The summed E-state index contributed by atoms with van der Waals surface area (Å²) in [5.41, 5.74) is 2.58. The van der Waals surface area contributed by atoms with Crippen molar-refractivity contribution in [1.29, 1.82) is 0 Å². The molecule has 3 aromatic carbocycles. The van der Waals surface area contributed by atoms with E-state index in [9.17, 15) is 9.90 Å². The minimum Gasteiger partial charge on any atom is -0.497 e. The Kier molecular flexibility index (Phi) is 10.4. The Morgan fingerprint density at radius 1 is 0.889 bits per heavy atom. The first kappa shape index (κ1) is 26.8. The van der Waals surface area contributed by atoms with Crippen LogP contribution in [0.4, 0.5) is 0 Å². The van der Waals surface area contributed by atoms with Gasteiger partial charge in [-0.3, -0.25) is 4.79 Å². The third kappa shape index (κ3) is 8.15.